The molecule has 0 N–H and O–H groups in total. The largest absolute Gasteiger partial charge is 0.261 e. The van der Waals surface area contributed by atoms with Crippen molar-refractivity contribution in [3.8, 4) is 44.6 Å². The highest BCUT2D eigenvalue weighted by molar-refractivity contribution is 6.14. The smallest absolute Gasteiger partial charge is 0.161 e. The molecule has 0 aliphatic heterocycles. The molecule has 0 unspecified atom stereocenters. The SMILES string of the molecule is C=N/C(=N\C(=N/Cc1cccc(-c2ccccc2)c1)c1ccc(-c2cc(-c3ccccc3)c3c(ccc4ccccc43)n2)cc1)c1cccc(-c2ccccc2)c1. The van der Waals surface area contributed by atoms with Crippen molar-refractivity contribution in [3.05, 3.63) is 223 Å². The maximum Gasteiger partial charge on any atom is 0.161 e. The van der Waals surface area contributed by atoms with Crippen molar-refractivity contribution < 1.29 is 0 Å². The Balaban J connectivity index is 1.12. The fraction of sp³-hybridized carbons (Fsp3) is 0.0189. The second-order valence-electron chi connectivity index (χ2n) is 13.9. The molecule has 0 saturated heterocycles. The molecule has 0 spiro atoms. The van der Waals surface area contributed by atoms with E-state index in [0.717, 1.165) is 66.7 Å². The molecule has 0 amide bonds. The number of pyridine rings is 1. The van der Waals surface area contributed by atoms with Gasteiger partial charge in [-0.05, 0) is 80.7 Å². The lowest BCUT2D eigenvalue weighted by molar-refractivity contribution is 1.06. The van der Waals surface area contributed by atoms with Crippen LogP contribution >= 0.6 is 0 Å². The predicted octanol–water partition coefficient (Wildman–Crippen LogP) is 13.2. The summed E-state index contributed by atoms with van der Waals surface area (Å²) in [5, 5.41) is 3.54. The Bertz CT molecular complexity index is 2910. The number of nitrogens with zero attached hydrogens (tertiary/aromatic N) is 4. The van der Waals surface area contributed by atoms with E-state index in [-0.39, 0.29) is 0 Å². The summed E-state index contributed by atoms with van der Waals surface area (Å²) in [6.07, 6.45) is 0. The van der Waals surface area contributed by atoms with E-state index in [4.69, 9.17) is 15.0 Å². The highest BCUT2D eigenvalue weighted by Crippen LogP contribution is 2.36. The molecule has 0 atom stereocenters. The molecule has 9 aromatic rings. The van der Waals surface area contributed by atoms with E-state index in [0.29, 0.717) is 18.2 Å². The lowest BCUT2D eigenvalue weighted by Crippen LogP contribution is -2.06. The monoisotopic (exact) mass is 730 g/mol. The molecule has 57 heavy (non-hydrogen) atoms. The first-order chi connectivity index (χ1) is 28.2. The molecular formula is C53H38N4. The van der Waals surface area contributed by atoms with Gasteiger partial charge in [-0.2, -0.15) is 0 Å². The summed E-state index contributed by atoms with van der Waals surface area (Å²) in [4.78, 5) is 19.9. The summed E-state index contributed by atoms with van der Waals surface area (Å²) < 4.78 is 0. The Kier molecular flexibility index (Phi) is 9.89. The minimum Gasteiger partial charge on any atom is -0.261 e. The fourth-order valence-corrected chi connectivity index (χ4v) is 7.39. The third-order valence-electron chi connectivity index (χ3n) is 10.3. The molecular weight excluding hydrogens is 693 g/mol. The lowest BCUT2D eigenvalue weighted by atomic mass is 9.94. The van der Waals surface area contributed by atoms with Crippen LogP contribution in [-0.2, 0) is 6.54 Å². The minimum atomic E-state index is 0.441. The molecule has 0 aliphatic rings. The Hall–Kier alpha value is -7.56. The minimum absolute atomic E-state index is 0.441. The quantitative estimate of drug-likeness (QED) is 0.0872. The summed E-state index contributed by atoms with van der Waals surface area (Å²) in [6.45, 7) is 4.38. The standard InChI is InChI=1S/C53H38N4/c1-54-52(46-25-14-24-45(34-46)39-18-7-3-8-19-39)57-53(55-36-37-15-13-23-44(33-37)38-16-5-2-6-17-38)43-29-27-42(28-30-43)50-35-48(40-20-9-4-10-21-40)51-47-26-12-11-22-41(47)31-32-49(51)56-50/h2-35H,1,36H2/b55-53-,57-52-. The van der Waals surface area contributed by atoms with Crippen molar-refractivity contribution >= 4 is 40.1 Å². The molecule has 0 saturated carbocycles. The van der Waals surface area contributed by atoms with Gasteiger partial charge in [-0.1, -0.05) is 182 Å². The van der Waals surface area contributed by atoms with Gasteiger partial charge in [0.1, 0.15) is 0 Å². The average molecular weight is 731 g/mol. The molecule has 1 heterocycles. The molecule has 4 heteroatoms. The van der Waals surface area contributed by atoms with Gasteiger partial charge in [-0.25, -0.2) is 15.0 Å². The Labute approximate surface area is 333 Å². The van der Waals surface area contributed by atoms with Gasteiger partial charge in [0.2, 0.25) is 0 Å². The van der Waals surface area contributed by atoms with Gasteiger partial charge >= 0.3 is 0 Å². The first-order valence-electron chi connectivity index (χ1n) is 19.1. The summed E-state index contributed by atoms with van der Waals surface area (Å²) in [5.74, 6) is 1.08. The van der Waals surface area contributed by atoms with E-state index in [1.54, 1.807) is 0 Å². The van der Waals surface area contributed by atoms with Crippen LogP contribution in [0.1, 0.15) is 16.7 Å². The van der Waals surface area contributed by atoms with Gasteiger partial charge in [0.25, 0.3) is 0 Å². The maximum atomic E-state index is 5.22. The highest BCUT2D eigenvalue weighted by Gasteiger charge is 2.14. The highest BCUT2D eigenvalue weighted by atomic mass is 15.0. The topological polar surface area (TPSA) is 50.0 Å². The van der Waals surface area contributed by atoms with Crippen LogP contribution in [0.25, 0.3) is 66.3 Å². The molecule has 9 rings (SSSR count). The van der Waals surface area contributed by atoms with Crippen molar-refractivity contribution in [1.29, 1.82) is 0 Å². The van der Waals surface area contributed by atoms with Gasteiger partial charge < -0.3 is 0 Å². The number of fused-ring (bicyclic) bond motifs is 3. The van der Waals surface area contributed by atoms with E-state index in [2.05, 4.69) is 182 Å². The van der Waals surface area contributed by atoms with Gasteiger partial charge in [-0.3, -0.25) is 4.99 Å². The van der Waals surface area contributed by atoms with Gasteiger partial charge in [0, 0.05) is 22.1 Å². The van der Waals surface area contributed by atoms with Crippen LogP contribution in [0.15, 0.2) is 221 Å². The van der Waals surface area contributed by atoms with E-state index < -0.39 is 0 Å². The number of hydrogen-bond donors (Lipinski definition) is 0. The summed E-state index contributed by atoms with van der Waals surface area (Å²) in [7, 11) is 0. The number of aliphatic imine (C=N–C) groups is 3. The number of amidine groups is 2. The van der Waals surface area contributed by atoms with Crippen LogP contribution in [-0.4, -0.2) is 23.4 Å². The molecule has 4 nitrogen and oxygen atoms in total. The van der Waals surface area contributed by atoms with Crippen molar-refractivity contribution in [3.63, 3.8) is 0 Å². The predicted molar refractivity (Wildman–Crippen MR) is 240 cm³/mol. The van der Waals surface area contributed by atoms with Crippen LogP contribution in [0, 0.1) is 0 Å². The van der Waals surface area contributed by atoms with Crippen molar-refractivity contribution in [2.75, 3.05) is 0 Å². The molecule has 0 fully saturated rings. The van der Waals surface area contributed by atoms with Crippen LogP contribution < -0.4 is 0 Å². The number of rotatable bonds is 8. The molecule has 0 radical (unpaired) electrons. The third-order valence-corrected chi connectivity index (χ3v) is 10.3. The van der Waals surface area contributed by atoms with E-state index in [1.807, 2.05) is 36.4 Å². The molecule has 8 aromatic carbocycles. The normalized spacial score (nSPS) is 11.9. The molecule has 0 bridgehead atoms. The number of aromatic nitrogens is 1. The Morgan fingerprint density at radius 3 is 1.77 bits per heavy atom. The number of benzene rings is 8. The Morgan fingerprint density at radius 2 is 1.07 bits per heavy atom. The van der Waals surface area contributed by atoms with Crippen molar-refractivity contribution in [1.82, 2.24) is 4.98 Å². The van der Waals surface area contributed by atoms with Crippen LogP contribution in [0.4, 0.5) is 0 Å². The van der Waals surface area contributed by atoms with Crippen molar-refractivity contribution in [2.45, 2.75) is 6.54 Å². The lowest BCUT2D eigenvalue weighted by Gasteiger charge is -2.13. The van der Waals surface area contributed by atoms with E-state index >= 15 is 0 Å². The second-order valence-corrected chi connectivity index (χ2v) is 13.9. The summed E-state index contributed by atoms with van der Waals surface area (Å²) in [5.41, 5.74) is 12.5. The van der Waals surface area contributed by atoms with Crippen molar-refractivity contribution in [2.24, 2.45) is 15.0 Å². The molecule has 1 aromatic heterocycles. The van der Waals surface area contributed by atoms with Crippen LogP contribution in [0.2, 0.25) is 0 Å². The zero-order chi connectivity index (χ0) is 38.4. The van der Waals surface area contributed by atoms with Crippen LogP contribution in [0.3, 0.4) is 0 Å². The van der Waals surface area contributed by atoms with E-state index in [1.165, 1.54) is 16.3 Å². The zero-order valence-electron chi connectivity index (χ0n) is 31.3. The molecule has 270 valence electrons. The summed E-state index contributed by atoms with van der Waals surface area (Å²) in [6, 6.07) is 71.4. The first-order valence-corrected chi connectivity index (χ1v) is 19.1. The Morgan fingerprint density at radius 1 is 0.456 bits per heavy atom. The summed E-state index contributed by atoms with van der Waals surface area (Å²) >= 11 is 0. The third kappa shape index (κ3) is 7.57. The second kappa shape index (κ2) is 16.0. The molecule has 0 aliphatic carbocycles. The maximum absolute atomic E-state index is 5.22. The van der Waals surface area contributed by atoms with Gasteiger partial charge in [-0.15, -0.1) is 0 Å². The number of hydrogen-bond acceptors (Lipinski definition) is 2. The average Bonchev–Trinajstić information content (AvgIpc) is 3.30. The van der Waals surface area contributed by atoms with Crippen LogP contribution in [0.5, 0.6) is 0 Å². The van der Waals surface area contributed by atoms with E-state index in [9.17, 15) is 0 Å². The van der Waals surface area contributed by atoms with Gasteiger partial charge in [0.15, 0.2) is 11.7 Å². The fourth-order valence-electron chi connectivity index (χ4n) is 7.39. The zero-order valence-corrected chi connectivity index (χ0v) is 31.3. The van der Waals surface area contributed by atoms with Gasteiger partial charge in [0.05, 0.1) is 17.8 Å². The first kappa shape index (κ1) is 35.2.